The van der Waals surface area contributed by atoms with Gasteiger partial charge in [0, 0.05) is 12.1 Å². The van der Waals surface area contributed by atoms with Gasteiger partial charge in [0.1, 0.15) is 0 Å². The largest absolute Gasteiger partial charge is 0.387 e. The molecule has 0 atom stereocenters. The molecule has 108 valence electrons. The van der Waals surface area contributed by atoms with Crippen molar-refractivity contribution in [2.75, 3.05) is 0 Å². The van der Waals surface area contributed by atoms with Crippen molar-refractivity contribution in [2.24, 2.45) is 10.7 Å². The van der Waals surface area contributed by atoms with Crippen molar-refractivity contribution in [1.82, 2.24) is 0 Å². The molecule has 2 nitrogen and oxygen atoms in total. The van der Waals surface area contributed by atoms with Crippen molar-refractivity contribution < 1.29 is 0 Å². The molecule has 2 N–H and O–H groups in total. The maximum absolute atomic E-state index is 5.66. The Morgan fingerprint density at radius 2 is 1.86 bits per heavy atom. The fourth-order valence-corrected chi connectivity index (χ4v) is 2.42. The molecule has 0 bridgehead atoms. The Morgan fingerprint density at radius 3 is 2.43 bits per heavy atom. The van der Waals surface area contributed by atoms with Crippen LogP contribution in [-0.4, -0.2) is 5.84 Å². The van der Waals surface area contributed by atoms with E-state index < -0.39 is 0 Å². The first-order valence-corrected chi connectivity index (χ1v) is 7.21. The van der Waals surface area contributed by atoms with Crippen molar-refractivity contribution in [2.45, 2.75) is 27.2 Å². The molecule has 0 saturated carbocycles. The number of aryl methyl sites for hydroxylation is 1. The van der Waals surface area contributed by atoms with Crippen LogP contribution in [0.25, 0.3) is 11.1 Å². The van der Waals surface area contributed by atoms with Gasteiger partial charge >= 0.3 is 0 Å². The standard InChI is InChI=1S/C19H22N2/c1-4-18(21-15(3)20)13-16-10-11-19(14(2)12-16)17-8-6-5-7-9-17/h4-12H,13H2,1-3H3,(H2,20,21)/b18-4-. The van der Waals surface area contributed by atoms with Gasteiger partial charge < -0.3 is 5.73 Å². The Morgan fingerprint density at radius 1 is 1.14 bits per heavy atom. The van der Waals surface area contributed by atoms with Crippen molar-refractivity contribution in [3.8, 4) is 11.1 Å². The summed E-state index contributed by atoms with van der Waals surface area (Å²) < 4.78 is 0. The SMILES string of the molecule is C/C=C(/Cc1ccc(-c2ccccc2)c(C)c1)N=C(C)N. The van der Waals surface area contributed by atoms with Crippen LogP contribution in [0.15, 0.2) is 65.3 Å². The zero-order valence-electron chi connectivity index (χ0n) is 12.9. The molecule has 0 fully saturated rings. The zero-order valence-corrected chi connectivity index (χ0v) is 12.9. The van der Waals surface area contributed by atoms with E-state index in [0.717, 1.165) is 12.1 Å². The highest BCUT2D eigenvalue weighted by Gasteiger charge is 2.04. The van der Waals surface area contributed by atoms with Crippen LogP contribution in [-0.2, 0) is 6.42 Å². The van der Waals surface area contributed by atoms with Crippen LogP contribution in [0.5, 0.6) is 0 Å². The van der Waals surface area contributed by atoms with Crippen molar-refractivity contribution in [3.63, 3.8) is 0 Å². The molecule has 21 heavy (non-hydrogen) atoms. The number of nitrogens with zero attached hydrogens (tertiary/aromatic N) is 1. The summed E-state index contributed by atoms with van der Waals surface area (Å²) in [7, 11) is 0. The molecule has 0 unspecified atom stereocenters. The first-order chi connectivity index (χ1) is 10.1. The minimum absolute atomic E-state index is 0.598. The van der Waals surface area contributed by atoms with E-state index in [0.29, 0.717) is 5.84 Å². The predicted octanol–water partition coefficient (Wildman–Crippen LogP) is 4.49. The number of aliphatic imine (C=N–C) groups is 1. The molecule has 0 aliphatic carbocycles. The fraction of sp³-hybridized carbons (Fsp3) is 0.211. The summed E-state index contributed by atoms with van der Waals surface area (Å²) in [5, 5.41) is 0. The highest BCUT2D eigenvalue weighted by molar-refractivity contribution is 5.78. The van der Waals surface area contributed by atoms with Gasteiger partial charge in [0.2, 0.25) is 0 Å². The highest BCUT2D eigenvalue weighted by Crippen LogP contribution is 2.24. The molecule has 0 heterocycles. The highest BCUT2D eigenvalue weighted by atomic mass is 14.8. The maximum Gasteiger partial charge on any atom is 0.0960 e. The molecule has 2 aromatic rings. The summed E-state index contributed by atoms with van der Waals surface area (Å²) in [6.45, 7) is 5.96. The number of hydrogen-bond donors (Lipinski definition) is 1. The molecule has 2 rings (SSSR count). The number of amidine groups is 1. The fourth-order valence-electron chi connectivity index (χ4n) is 2.42. The number of allylic oxidation sites excluding steroid dienone is 2. The van der Waals surface area contributed by atoms with Gasteiger partial charge in [-0.3, -0.25) is 0 Å². The Bertz CT molecular complexity index is 663. The monoisotopic (exact) mass is 278 g/mol. The van der Waals surface area contributed by atoms with Gasteiger partial charge in [0.05, 0.1) is 5.84 Å². The van der Waals surface area contributed by atoms with Gasteiger partial charge in [0.25, 0.3) is 0 Å². The quantitative estimate of drug-likeness (QED) is 0.649. The van der Waals surface area contributed by atoms with Gasteiger partial charge in [0.15, 0.2) is 0 Å². The average molecular weight is 278 g/mol. The first kappa shape index (κ1) is 15.0. The third-order valence-corrected chi connectivity index (χ3v) is 3.41. The summed E-state index contributed by atoms with van der Waals surface area (Å²) >= 11 is 0. The lowest BCUT2D eigenvalue weighted by atomic mass is 9.97. The lowest BCUT2D eigenvalue weighted by Gasteiger charge is -2.09. The van der Waals surface area contributed by atoms with Crippen LogP contribution >= 0.6 is 0 Å². The van der Waals surface area contributed by atoms with E-state index in [4.69, 9.17) is 5.73 Å². The Balaban J connectivity index is 2.26. The summed E-state index contributed by atoms with van der Waals surface area (Å²) in [6.07, 6.45) is 2.82. The molecule has 0 aromatic heterocycles. The normalized spacial score (nSPS) is 12.5. The van der Waals surface area contributed by atoms with E-state index in [1.807, 2.05) is 26.0 Å². The second-order valence-electron chi connectivity index (χ2n) is 5.23. The number of benzene rings is 2. The first-order valence-electron chi connectivity index (χ1n) is 7.21. The second-order valence-corrected chi connectivity index (χ2v) is 5.23. The van der Waals surface area contributed by atoms with Crippen LogP contribution < -0.4 is 5.73 Å². The summed E-state index contributed by atoms with van der Waals surface area (Å²) in [5.74, 6) is 0.598. The molecule has 0 spiro atoms. The summed E-state index contributed by atoms with van der Waals surface area (Å²) in [5.41, 5.74) is 11.7. The molecular weight excluding hydrogens is 256 g/mol. The average Bonchev–Trinajstić information content (AvgIpc) is 2.47. The van der Waals surface area contributed by atoms with Gasteiger partial charge in [-0.2, -0.15) is 0 Å². The van der Waals surface area contributed by atoms with E-state index in [-0.39, 0.29) is 0 Å². The zero-order chi connectivity index (χ0) is 15.2. The van der Waals surface area contributed by atoms with E-state index in [2.05, 4.69) is 54.4 Å². The third-order valence-electron chi connectivity index (χ3n) is 3.41. The Hall–Kier alpha value is -2.35. The maximum atomic E-state index is 5.66. The predicted molar refractivity (Wildman–Crippen MR) is 91.4 cm³/mol. The van der Waals surface area contributed by atoms with Crippen molar-refractivity contribution >= 4 is 5.84 Å². The second kappa shape index (κ2) is 6.89. The van der Waals surface area contributed by atoms with Crippen LogP contribution in [0.2, 0.25) is 0 Å². The van der Waals surface area contributed by atoms with Gasteiger partial charge in [-0.15, -0.1) is 0 Å². The molecular formula is C19H22N2. The van der Waals surface area contributed by atoms with Crippen LogP contribution in [0.1, 0.15) is 25.0 Å². The van der Waals surface area contributed by atoms with Crippen molar-refractivity contribution in [1.29, 1.82) is 0 Å². The smallest absolute Gasteiger partial charge is 0.0960 e. The van der Waals surface area contributed by atoms with E-state index in [1.165, 1.54) is 22.3 Å². The third kappa shape index (κ3) is 4.06. The minimum Gasteiger partial charge on any atom is -0.387 e. The number of hydrogen-bond acceptors (Lipinski definition) is 1. The number of rotatable bonds is 4. The van der Waals surface area contributed by atoms with Gasteiger partial charge in [-0.1, -0.05) is 54.6 Å². The molecule has 0 saturated heterocycles. The minimum atomic E-state index is 0.598. The van der Waals surface area contributed by atoms with Gasteiger partial charge in [-0.05, 0) is 43.0 Å². The van der Waals surface area contributed by atoms with E-state index in [9.17, 15) is 0 Å². The van der Waals surface area contributed by atoms with E-state index >= 15 is 0 Å². The molecule has 0 aliphatic rings. The Labute approximate surface area is 127 Å². The molecule has 2 heteroatoms. The van der Waals surface area contributed by atoms with Crippen LogP contribution in [0.3, 0.4) is 0 Å². The molecule has 0 amide bonds. The lowest BCUT2D eigenvalue weighted by Crippen LogP contribution is -2.06. The van der Waals surface area contributed by atoms with Crippen LogP contribution in [0.4, 0.5) is 0 Å². The van der Waals surface area contributed by atoms with Crippen LogP contribution in [0, 0.1) is 6.92 Å². The summed E-state index contributed by atoms with van der Waals surface area (Å²) in [4.78, 5) is 4.36. The Kier molecular flexibility index (Phi) is 4.94. The van der Waals surface area contributed by atoms with Gasteiger partial charge in [-0.25, -0.2) is 4.99 Å². The molecule has 2 aromatic carbocycles. The molecule has 0 aliphatic heterocycles. The number of nitrogens with two attached hydrogens (primary N) is 1. The van der Waals surface area contributed by atoms with Crippen molar-refractivity contribution in [3.05, 3.63) is 71.4 Å². The molecule has 0 radical (unpaired) electrons. The lowest BCUT2D eigenvalue weighted by molar-refractivity contribution is 1.09. The van der Waals surface area contributed by atoms with E-state index in [1.54, 1.807) is 0 Å². The summed E-state index contributed by atoms with van der Waals surface area (Å²) in [6, 6.07) is 17.0. The topological polar surface area (TPSA) is 38.4 Å².